The van der Waals surface area contributed by atoms with Crippen LogP contribution in [0, 0.1) is 0 Å². The van der Waals surface area contributed by atoms with E-state index in [1.165, 1.54) is 23.1 Å². The first-order chi connectivity index (χ1) is 9.35. The van der Waals surface area contributed by atoms with Crippen LogP contribution >= 0.6 is 23.1 Å². The maximum atomic E-state index is 12.0. The highest BCUT2D eigenvalue weighted by Gasteiger charge is 2.22. The summed E-state index contributed by atoms with van der Waals surface area (Å²) in [6.45, 7) is 7.67. The van der Waals surface area contributed by atoms with Crippen LogP contribution < -0.4 is 5.32 Å². The minimum atomic E-state index is -0.286. The molecule has 2 rings (SSSR count). The SMILES string of the molecule is CC(Sc1nnc(-c2cccs2)o1)C(=O)NC(C)(C)C. The van der Waals surface area contributed by atoms with Crippen LogP contribution in [-0.2, 0) is 4.79 Å². The molecule has 5 nitrogen and oxygen atoms in total. The molecule has 20 heavy (non-hydrogen) atoms. The Morgan fingerprint density at radius 1 is 1.45 bits per heavy atom. The minimum absolute atomic E-state index is 0.0432. The highest BCUT2D eigenvalue weighted by Crippen LogP contribution is 2.28. The van der Waals surface area contributed by atoms with Crippen molar-refractivity contribution in [1.82, 2.24) is 15.5 Å². The zero-order chi connectivity index (χ0) is 14.8. The van der Waals surface area contributed by atoms with Crippen LogP contribution in [0.1, 0.15) is 27.7 Å². The lowest BCUT2D eigenvalue weighted by Crippen LogP contribution is -2.44. The fraction of sp³-hybridized carbons (Fsp3) is 0.462. The van der Waals surface area contributed by atoms with Crippen LogP contribution in [0.4, 0.5) is 0 Å². The molecule has 0 fully saturated rings. The fourth-order valence-corrected chi connectivity index (χ4v) is 2.76. The first kappa shape index (κ1) is 15.1. The van der Waals surface area contributed by atoms with E-state index >= 15 is 0 Å². The predicted molar refractivity (Wildman–Crippen MR) is 80.8 cm³/mol. The molecule has 1 amide bonds. The molecule has 1 unspecified atom stereocenters. The number of nitrogens with one attached hydrogen (secondary N) is 1. The van der Waals surface area contributed by atoms with Crippen molar-refractivity contribution in [2.75, 3.05) is 0 Å². The molecular formula is C13H17N3O2S2. The third kappa shape index (κ3) is 4.08. The van der Waals surface area contributed by atoms with E-state index < -0.39 is 0 Å². The highest BCUT2D eigenvalue weighted by molar-refractivity contribution is 8.00. The average Bonchev–Trinajstić information content (AvgIpc) is 2.95. The van der Waals surface area contributed by atoms with Crippen molar-refractivity contribution >= 4 is 29.0 Å². The first-order valence-electron chi connectivity index (χ1n) is 6.21. The van der Waals surface area contributed by atoms with Crippen LogP contribution in [0.2, 0.25) is 0 Å². The van der Waals surface area contributed by atoms with Crippen LogP contribution in [-0.4, -0.2) is 26.9 Å². The number of nitrogens with zero attached hydrogens (tertiary/aromatic N) is 2. The summed E-state index contributed by atoms with van der Waals surface area (Å²) in [5.74, 6) is 0.448. The molecule has 7 heteroatoms. The second-order valence-electron chi connectivity index (χ2n) is 5.35. The lowest BCUT2D eigenvalue weighted by molar-refractivity contribution is -0.121. The number of hydrogen-bond acceptors (Lipinski definition) is 6. The van der Waals surface area contributed by atoms with E-state index in [0.717, 1.165) is 4.88 Å². The van der Waals surface area contributed by atoms with Crippen LogP contribution in [0.3, 0.4) is 0 Å². The molecule has 2 aromatic heterocycles. The molecular weight excluding hydrogens is 294 g/mol. The van der Waals surface area contributed by atoms with Gasteiger partial charge in [0.25, 0.3) is 11.1 Å². The Hall–Kier alpha value is -1.34. The highest BCUT2D eigenvalue weighted by atomic mass is 32.2. The molecule has 0 radical (unpaired) electrons. The van der Waals surface area contributed by atoms with E-state index in [2.05, 4.69) is 15.5 Å². The van der Waals surface area contributed by atoms with Crippen molar-refractivity contribution in [3.63, 3.8) is 0 Å². The van der Waals surface area contributed by atoms with Gasteiger partial charge in [-0.3, -0.25) is 4.79 Å². The lowest BCUT2D eigenvalue weighted by Gasteiger charge is -2.22. The van der Waals surface area contributed by atoms with Gasteiger partial charge in [-0.1, -0.05) is 17.8 Å². The van der Waals surface area contributed by atoms with Crippen LogP contribution in [0.5, 0.6) is 0 Å². The maximum absolute atomic E-state index is 12.0. The minimum Gasteiger partial charge on any atom is -0.410 e. The molecule has 0 aliphatic rings. The fourth-order valence-electron chi connectivity index (χ4n) is 1.43. The predicted octanol–water partition coefficient (Wildman–Crippen LogP) is 3.19. The van der Waals surface area contributed by atoms with Gasteiger partial charge in [0, 0.05) is 5.54 Å². The van der Waals surface area contributed by atoms with Gasteiger partial charge in [0.15, 0.2) is 0 Å². The number of carbonyl (C=O) groups is 1. The molecule has 0 aromatic carbocycles. The second-order valence-corrected chi connectivity index (χ2v) is 7.59. The molecule has 0 spiro atoms. The summed E-state index contributed by atoms with van der Waals surface area (Å²) in [4.78, 5) is 12.9. The van der Waals surface area contributed by atoms with Crippen LogP contribution in [0.15, 0.2) is 27.2 Å². The van der Waals surface area contributed by atoms with E-state index in [4.69, 9.17) is 4.42 Å². The van der Waals surface area contributed by atoms with Crippen molar-refractivity contribution in [3.8, 4) is 10.8 Å². The normalized spacial score (nSPS) is 13.2. The van der Waals surface area contributed by atoms with E-state index in [9.17, 15) is 4.79 Å². The third-order valence-electron chi connectivity index (χ3n) is 2.28. The molecule has 2 heterocycles. The van der Waals surface area contributed by atoms with Crippen molar-refractivity contribution < 1.29 is 9.21 Å². The van der Waals surface area contributed by atoms with Crippen molar-refractivity contribution in [2.24, 2.45) is 0 Å². The summed E-state index contributed by atoms with van der Waals surface area (Å²) >= 11 is 2.80. The molecule has 2 aromatic rings. The molecule has 1 atom stereocenters. The van der Waals surface area contributed by atoms with Gasteiger partial charge in [-0.25, -0.2) is 0 Å². The van der Waals surface area contributed by atoms with E-state index in [-0.39, 0.29) is 16.7 Å². The average molecular weight is 311 g/mol. The second kappa shape index (κ2) is 5.97. The van der Waals surface area contributed by atoms with Gasteiger partial charge in [0.1, 0.15) is 0 Å². The Morgan fingerprint density at radius 2 is 2.20 bits per heavy atom. The number of hydrogen-bond donors (Lipinski definition) is 1. The molecule has 0 aliphatic carbocycles. The topological polar surface area (TPSA) is 68.0 Å². The van der Waals surface area contributed by atoms with E-state index in [1.54, 1.807) is 0 Å². The molecule has 0 saturated carbocycles. The number of rotatable bonds is 4. The summed E-state index contributed by atoms with van der Waals surface area (Å²) in [5.41, 5.74) is -0.247. The molecule has 1 N–H and O–H groups in total. The molecule has 0 bridgehead atoms. The summed E-state index contributed by atoms with van der Waals surface area (Å²) in [6, 6.07) is 3.85. The zero-order valence-electron chi connectivity index (χ0n) is 11.8. The third-order valence-corrected chi connectivity index (χ3v) is 4.08. The Kier molecular flexibility index (Phi) is 4.49. The number of aromatic nitrogens is 2. The monoisotopic (exact) mass is 311 g/mol. The number of carbonyl (C=O) groups excluding carboxylic acids is 1. The van der Waals surface area contributed by atoms with Gasteiger partial charge in [0.05, 0.1) is 10.1 Å². The largest absolute Gasteiger partial charge is 0.410 e. The quantitative estimate of drug-likeness (QED) is 0.878. The Morgan fingerprint density at radius 3 is 2.80 bits per heavy atom. The Balaban J connectivity index is 1.98. The van der Waals surface area contributed by atoms with Gasteiger partial charge >= 0.3 is 0 Å². The smallest absolute Gasteiger partial charge is 0.277 e. The maximum Gasteiger partial charge on any atom is 0.277 e. The first-order valence-corrected chi connectivity index (χ1v) is 7.97. The van der Waals surface area contributed by atoms with Crippen molar-refractivity contribution in [1.29, 1.82) is 0 Å². The van der Waals surface area contributed by atoms with Gasteiger partial charge < -0.3 is 9.73 Å². The van der Waals surface area contributed by atoms with Gasteiger partial charge in [-0.2, -0.15) is 0 Å². The number of thiophene rings is 1. The summed E-state index contributed by atoms with van der Waals surface area (Å²) in [5, 5.41) is 12.9. The van der Waals surface area contributed by atoms with Gasteiger partial charge in [-0.15, -0.1) is 21.5 Å². The Labute approximate surface area is 126 Å². The van der Waals surface area contributed by atoms with Crippen LogP contribution in [0.25, 0.3) is 10.8 Å². The zero-order valence-corrected chi connectivity index (χ0v) is 13.5. The molecule has 0 aliphatic heterocycles. The van der Waals surface area contributed by atoms with Crippen molar-refractivity contribution in [3.05, 3.63) is 17.5 Å². The Bertz CT molecular complexity index is 573. The number of amides is 1. The summed E-state index contributed by atoms with van der Waals surface area (Å²) in [7, 11) is 0. The molecule has 108 valence electrons. The number of thioether (sulfide) groups is 1. The van der Waals surface area contributed by atoms with Gasteiger partial charge in [-0.05, 0) is 39.1 Å². The summed E-state index contributed by atoms with van der Waals surface area (Å²) in [6.07, 6.45) is 0. The lowest BCUT2D eigenvalue weighted by atomic mass is 10.1. The van der Waals surface area contributed by atoms with E-state index in [0.29, 0.717) is 11.1 Å². The van der Waals surface area contributed by atoms with E-state index in [1.807, 2.05) is 45.2 Å². The van der Waals surface area contributed by atoms with Crippen molar-refractivity contribution in [2.45, 2.75) is 43.7 Å². The van der Waals surface area contributed by atoms with Gasteiger partial charge in [0.2, 0.25) is 5.91 Å². The summed E-state index contributed by atoms with van der Waals surface area (Å²) < 4.78 is 5.55. The molecule has 0 saturated heterocycles. The standard InChI is InChI=1S/C13H17N3O2S2/c1-8(10(17)14-13(2,3)4)20-12-16-15-11(18-12)9-6-5-7-19-9/h5-8H,1-4H3,(H,14,17).